The van der Waals surface area contributed by atoms with Crippen LogP contribution in [0.5, 0.6) is 0 Å². The van der Waals surface area contributed by atoms with Gasteiger partial charge in [0.05, 0.1) is 0 Å². The van der Waals surface area contributed by atoms with Gasteiger partial charge >= 0.3 is 0 Å². The number of hydrogen-bond donors (Lipinski definition) is 1. The fraction of sp³-hybridized carbons (Fsp3) is 1.00. The molecule has 1 aliphatic rings. The van der Waals surface area contributed by atoms with Gasteiger partial charge in [-0.1, -0.05) is 13.8 Å². The van der Waals surface area contributed by atoms with Gasteiger partial charge in [-0.15, -0.1) is 0 Å². The van der Waals surface area contributed by atoms with Crippen LogP contribution in [0.3, 0.4) is 0 Å². The third-order valence-electron chi connectivity index (χ3n) is 2.86. The Balaban J connectivity index is 2.37. The summed E-state index contributed by atoms with van der Waals surface area (Å²) >= 11 is 0. The second-order valence-corrected chi connectivity index (χ2v) is 3.55. The van der Waals surface area contributed by atoms with Gasteiger partial charge < -0.3 is 10.2 Å². The fourth-order valence-electron chi connectivity index (χ4n) is 1.80. The quantitative estimate of drug-likeness (QED) is 0.640. The lowest BCUT2D eigenvalue weighted by atomic mass is 9.94. The molecule has 2 heteroatoms. The smallest absolute Gasteiger partial charge is 0.0218 e. The molecule has 2 nitrogen and oxygen atoms in total. The first-order valence-electron chi connectivity index (χ1n) is 4.67. The van der Waals surface area contributed by atoms with Crippen molar-refractivity contribution >= 4 is 0 Å². The molecular formula is C9H20N2. The van der Waals surface area contributed by atoms with E-state index in [-0.39, 0.29) is 0 Å². The van der Waals surface area contributed by atoms with Gasteiger partial charge in [-0.2, -0.15) is 0 Å². The van der Waals surface area contributed by atoms with Crippen LogP contribution in [0.4, 0.5) is 0 Å². The second-order valence-electron chi connectivity index (χ2n) is 3.55. The molecule has 2 atom stereocenters. The number of nitrogens with zero attached hydrogens (tertiary/aromatic N) is 1. The molecule has 0 amide bonds. The van der Waals surface area contributed by atoms with E-state index in [0.717, 1.165) is 5.92 Å². The third-order valence-corrected chi connectivity index (χ3v) is 2.86. The molecule has 1 rings (SSSR count). The van der Waals surface area contributed by atoms with Crippen LogP contribution < -0.4 is 5.32 Å². The minimum absolute atomic E-state index is 0.712. The topological polar surface area (TPSA) is 15.3 Å². The monoisotopic (exact) mass is 156 g/mol. The van der Waals surface area contributed by atoms with Crippen molar-refractivity contribution in [2.24, 2.45) is 5.92 Å². The van der Waals surface area contributed by atoms with Crippen LogP contribution in [-0.2, 0) is 0 Å². The van der Waals surface area contributed by atoms with E-state index in [4.69, 9.17) is 0 Å². The summed E-state index contributed by atoms with van der Waals surface area (Å²) in [5.41, 5.74) is 0. The number of likely N-dealkylation sites (N-methyl/N-ethyl adjacent to an activating group) is 2. The van der Waals surface area contributed by atoms with E-state index in [1.807, 2.05) is 0 Å². The molecule has 0 aromatic rings. The number of likely N-dealkylation sites (tertiary alicyclic amines) is 1. The van der Waals surface area contributed by atoms with Crippen LogP contribution >= 0.6 is 0 Å². The van der Waals surface area contributed by atoms with E-state index in [1.54, 1.807) is 0 Å². The van der Waals surface area contributed by atoms with Crippen molar-refractivity contribution < 1.29 is 0 Å². The summed E-state index contributed by atoms with van der Waals surface area (Å²) in [5.74, 6) is 0.850. The molecule has 0 bridgehead atoms. The summed E-state index contributed by atoms with van der Waals surface area (Å²) < 4.78 is 0. The Labute approximate surface area is 70.0 Å². The van der Waals surface area contributed by atoms with Crippen LogP contribution in [0.1, 0.15) is 20.3 Å². The van der Waals surface area contributed by atoms with Gasteiger partial charge in [-0.05, 0) is 32.5 Å². The molecule has 0 spiro atoms. The van der Waals surface area contributed by atoms with E-state index < -0.39 is 0 Å². The summed E-state index contributed by atoms with van der Waals surface area (Å²) in [4.78, 5) is 2.52. The summed E-state index contributed by atoms with van der Waals surface area (Å²) in [7, 11) is 2.07. The highest BCUT2D eigenvalue weighted by atomic mass is 15.2. The number of rotatable bonds is 2. The highest BCUT2D eigenvalue weighted by Crippen LogP contribution is 2.15. The Bertz CT molecular complexity index is 114. The van der Waals surface area contributed by atoms with E-state index >= 15 is 0 Å². The van der Waals surface area contributed by atoms with Crippen molar-refractivity contribution in [2.45, 2.75) is 26.3 Å². The molecule has 66 valence electrons. The van der Waals surface area contributed by atoms with Gasteiger partial charge in [-0.3, -0.25) is 0 Å². The molecule has 0 aromatic carbocycles. The Morgan fingerprint density at radius 1 is 1.55 bits per heavy atom. The average Bonchev–Trinajstić information content (AvgIpc) is 2.05. The maximum Gasteiger partial charge on any atom is 0.0218 e. The SMILES string of the molecule is CCN1CCC(C)C(NC)C1. The molecule has 0 saturated carbocycles. The first kappa shape index (κ1) is 9.01. The predicted molar refractivity (Wildman–Crippen MR) is 48.7 cm³/mol. The Hall–Kier alpha value is -0.0800. The maximum absolute atomic E-state index is 3.38. The minimum Gasteiger partial charge on any atom is -0.315 e. The Morgan fingerprint density at radius 2 is 2.27 bits per heavy atom. The van der Waals surface area contributed by atoms with Gasteiger partial charge in [0.2, 0.25) is 0 Å². The number of hydrogen-bond acceptors (Lipinski definition) is 2. The number of nitrogens with one attached hydrogen (secondary N) is 1. The normalized spacial score (nSPS) is 34.1. The predicted octanol–water partition coefficient (Wildman–Crippen LogP) is 0.936. The van der Waals surface area contributed by atoms with Gasteiger partial charge in [0.1, 0.15) is 0 Å². The van der Waals surface area contributed by atoms with Crippen molar-refractivity contribution in [3.63, 3.8) is 0 Å². The molecular weight excluding hydrogens is 136 g/mol. The van der Waals surface area contributed by atoms with Crippen molar-refractivity contribution in [2.75, 3.05) is 26.7 Å². The number of piperidine rings is 1. The third kappa shape index (κ3) is 2.17. The van der Waals surface area contributed by atoms with Crippen molar-refractivity contribution in [1.29, 1.82) is 0 Å². The zero-order chi connectivity index (χ0) is 8.27. The maximum atomic E-state index is 3.38. The highest BCUT2D eigenvalue weighted by molar-refractivity contribution is 4.81. The Morgan fingerprint density at radius 3 is 2.82 bits per heavy atom. The van der Waals surface area contributed by atoms with Gasteiger partial charge in [-0.25, -0.2) is 0 Å². The molecule has 1 saturated heterocycles. The van der Waals surface area contributed by atoms with Crippen LogP contribution in [0.15, 0.2) is 0 Å². The van der Waals surface area contributed by atoms with Crippen LogP contribution in [0.2, 0.25) is 0 Å². The van der Waals surface area contributed by atoms with E-state index in [0.29, 0.717) is 6.04 Å². The summed E-state index contributed by atoms with van der Waals surface area (Å²) in [6, 6.07) is 0.712. The lowest BCUT2D eigenvalue weighted by Gasteiger charge is -2.36. The van der Waals surface area contributed by atoms with Crippen LogP contribution in [0, 0.1) is 5.92 Å². The molecule has 11 heavy (non-hydrogen) atoms. The average molecular weight is 156 g/mol. The molecule has 1 aliphatic heterocycles. The summed E-state index contributed by atoms with van der Waals surface area (Å²) in [5, 5.41) is 3.38. The van der Waals surface area contributed by atoms with Crippen molar-refractivity contribution in [1.82, 2.24) is 10.2 Å². The largest absolute Gasteiger partial charge is 0.315 e. The summed E-state index contributed by atoms with van der Waals surface area (Å²) in [6.45, 7) is 8.30. The highest BCUT2D eigenvalue weighted by Gasteiger charge is 2.23. The van der Waals surface area contributed by atoms with E-state index in [1.165, 1.54) is 26.1 Å². The van der Waals surface area contributed by atoms with Gasteiger partial charge in [0, 0.05) is 12.6 Å². The lowest BCUT2D eigenvalue weighted by molar-refractivity contribution is 0.160. The second kappa shape index (κ2) is 4.07. The van der Waals surface area contributed by atoms with Gasteiger partial charge in [0.15, 0.2) is 0 Å². The van der Waals surface area contributed by atoms with Crippen LogP contribution in [-0.4, -0.2) is 37.6 Å². The molecule has 0 aromatic heterocycles. The lowest BCUT2D eigenvalue weighted by Crippen LogP contribution is -2.48. The molecule has 1 N–H and O–H groups in total. The van der Waals surface area contributed by atoms with Gasteiger partial charge in [0.25, 0.3) is 0 Å². The molecule has 2 unspecified atom stereocenters. The Kier molecular flexibility index (Phi) is 3.34. The van der Waals surface area contributed by atoms with Crippen molar-refractivity contribution in [3.05, 3.63) is 0 Å². The molecule has 0 radical (unpaired) electrons. The first-order valence-corrected chi connectivity index (χ1v) is 4.67. The molecule has 1 heterocycles. The fourth-order valence-corrected chi connectivity index (χ4v) is 1.80. The van der Waals surface area contributed by atoms with Crippen molar-refractivity contribution in [3.8, 4) is 0 Å². The standard InChI is InChI=1S/C9H20N2/c1-4-11-6-5-8(2)9(7-11)10-3/h8-10H,4-7H2,1-3H3. The first-order chi connectivity index (χ1) is 5.27. The molecule has 0 aliphatic carbocycles. The summed E-state index contributed by atoms with van der Waals surface area (Å²) in [6.07, 6.45) is 1.35. The van der Waals surface area contributed by atoms with Crippen LogP contribution in [0.25, 0.3) is 0 Å². The molecule has 1 fully saturated rings. The van der Waals surface area contributed by atoms with E-state index in [9.17, 15) is 0 Å². The zero-order valence-corrected chi connectivity index (χ0v) is 7.93. The minimum atomic E-state index is 0.712. The van der Waals surface area contributed by atoms with E-state index in [2.05, 4.69) is 31.1 Å². The zero-order valence-electron chi connectivity index (χ0n) is 7.93.